The maximum atomic E-state index is 11.5. The van der Waals surface area contributed by atoms with Crippen LogP contribution in [0.25, 0.3) is 50.6 Å². The molecule has 0 aliphatic rings. The second-order valence-electron chi connectivity index (χ2n) is 32.7. The maximum Gasteiger partial charge on any atom is 1.00 e. The van der Waals surface area contributed by atoms with Crippen LogP contribution in [0.2, 0.25) is 0 Å². The Morgan fingerprint density at radius 2 is 0.605 bits per heavy atom. The number of halogens is 4. The van der Waals surface area contributed by atoms with Crippen molar-refractivity contribution in [3.05, 3.63) is 474 Å². The maximum absolute atomic E-state index is 11.5. The third-order valence-electron chi connectivity index (χ3n) is 22.8. The second-order valence-corrected chi connectivity index (χ2v) is 35.5. The van der Waals surface area contributed by atoms with Crippen molar-refractivity contribution in [1.82, 2.24) is 0 Å². The number of hydrogen-bond acceptors (Lipinski definition) is 15. The summed E-state index contributed by atoms with van der Waals surface area (Å²) in [5.41, 5.74) is 35.3. The molecule has 0 atom stereocenters. The summed E-state index contributed by atoms with van der Waals surface area (Å²) in [5.74, 6) is 0.0257. The van der Waals surface area contributed by atoms with Crippen LogP contribution in [0.3, 0.4) is 0 Å². The van der Waals surface area contributed by atoms with E-state index >= 15 is 0 Å². The number of rotatable bonds is 25. The Morgan fingerprint density at radius 1 is 0.367 bits per heavy atom. The van der Waals surface area contributed by atoms with E-state index in [0.29, 0.717) is 38.0 Å². The van der Waals surface area contributed by atoms with Gasteiger partial charge in [-0.25, -0.2) is 0 Å². The molecule has 16 nitrogen and oxygen atoms in total. The van der Waals surface area contributed by atoms with E-state index in [0.717, 1.165) is 79.9 Å². The first-order chi connectivity index (χ1) is 68.7. The van der Waals surface area contributed by atoms with Gasteiger partial charge in [-0.05, 0) is 370 Å². The number of methoxy groups -OCH3 is 3. The Morgan fingerprint density at radius 3 is 0.884 bits per heavy atom. The van der Waals surface area contributed by atoms with Crippen molar-refractivity contribution in [2.75, 3.05) is 48.9 Å². The van der Waals surface area contributed by atoms with Gasteiger partial charge in [-0.1, -0.05) is 267 Å². The summed E-state index contributed by atoms with van der Waals surface area (Å²) in [6, 6.07) is 135. The van der Waals surface area contributed by atoms with Gasteiger partial charge in [0.2, 0.25) is 5.91 Å². The number of carbonyl (C=O) groups excluding carboxylic acids is 5. The van der Waals surface area contributed by atoms with E-state index in [4.69, 9.17) is 32.5 Å². The normalized spacial score (nSPS) is 9.68. The first-order valence-corrected chi connectivity index (χ1v) is 48.6. The smallest absolute Gasteiger partial charge is 1.00 e. The molecule has 0 heterocycles. The molecular formula is C123H126ClFI2K3N4NaO12. The zero-order chi connectivity index (χ0) is 103. The minimum atomic E-state index is -1.00. The van der Waals surface area contributed by atoms with Crippen molar-refractivity contribution in [2.45, 2.75) is 107 Å². The first kappa shape index (κ1) is 133. The molecule has 0 fully saturated rings. The van der Waals surface area contributed by atoms with Crippen LogP contribution in [-0.2, 0) is 68.2 Å². The topological polar surface area (TPSA) is 236 Å². The summed E-state index contributed by atoms with van der Waals surface area (Å²) >= 11 is 10.2. The van der Waals surface area contributed by atoms with Gasteiger partial charge in [0.05, 0.1) is 29.9 Å². The van der Waals surface area contributed by atoms with Crippen LogP contribution in [0.4, 0.5) is 55.6 Å². The summed E-state index contributed by atoms with van der Waals surface area (Å²) in [5, 5.41) is 14.6. The van der Waals surface area contributed by atoms with Gasteiger partial charge in [-0.3, -0.25) is 28.4 Å². The molecule has 24 heteroatoms. The summed E-state index contributed by atoms with van der Waals surface area (Å²) in [6.45, 7) is 21.9. The van der Waals surface area contributed by atoms with E-state index < -0.39 is 7.15 Å². The van der Waals surface area contributed by atoms with Gasteiger partial charge in [0.1, 0.15) is 0 Å². The van der Waals surface area contributed by atoms with Gasteiger partial charge in [0, 0.05) is 90.4 Å². The number of hydrogen-bond donors (Lipinski definition) is 2. The largest absolute Gasteiger partial charge is 1.00 e. The molecule has 0 aromatic heterocycles. The van der Waals surface area contributed by atoms with Crippen LogP contribution in [0.5, 0.6) is 0 Å². The fourth-order valence-electron chi connectivity index (χ4n) is 14.2. The fraction of sp³-hybridized carbons (Fsp3) is 0.163. The number of nitrogens with zero attached hydrogens (tertiary/aromatic N) is 2. The molecule has 0 aliphatic heterocycles. The average Bonchev–Trinajstić information content (AvgIpc) is 0.797. The fourth-order valence-corrected chi connectivity index (χ4v) is 15.1. The molecule has 147 heavy (non-hydrogen) atoms. The molecular weight excluding hydrogens is 2170 g/mol. The van der Waals surface area contributed by atoms with Crippen molar-refractivity contribution in [1.29, 1.82) is 0 Å². The Bertz CT molecular complexity index is 6370. The van der Waals surface area contributed by atoms with E-state index in [1.54, 1.807) is 0 Å². The number of anilines is 9. The quantitative estimate of drug-likeness (QED) is 0.00791. The molecule has 0 saturated carbocycles. The summed E-state index contributed by atoms with van der Waals surface area (Å²) in [7, 11) is 3.27. The van der Waals surface area contributed by atoms with E-state index in [2.05, 4.69) is 421 Å². The van der Waals surface area contributed by atoms with Gasteiger partial charge in [0.25, 0.3) is 6.47 Å². The zero-order valence-electron chi connectivity index (χ0n) is 88.9. The van der Waals surface area contributed by atoms with Crippen molar-refractivity contribution >= 4 is 144 Å². The van der Waals surface area contributed by atoms with Crippen molar-refractivity contribution in [3.63, 3.8) is 0 Å². The summed E-state index contributed by atoms with van der Waals surface area (Å²) in [6.07, 6.45) is 5.14. The molecule has 0 saturated heterocycles. The minimum Gasteiger partial charge on any atom is -1.00 e. The monoisotopic (exact) mass is 2300 g/mol. The molecule has 0 radical (unpaired) electrons. The summed E-state index contributed by atoms with van der Waals surface area (Å²) < 4.78 is 32.1. The number of benzene rings is 16. The number of nitrogens with one attached hydrogen (secondary N) is 2. The number of ether oxygens (including phenoxy) is 3. The zero-order valence-corrected chi connectivity index (χ0v) is 103. The van der Waals surface area contributed by atoms with E-state index in [1.807, 2.05) is 111 Å². The predicted octanol–water partition coefficient (Wildman–Crippen LogP) is 19.3. The Kier molecular flexibility index (Phi) is 67.9. The van der Waals surface area contributed by atoms with Crippen LogP contribution in [0, 0.1) is 62.5 Å². The third kappa shape index (κ3) is 47.9. The molecule has 1 amide bonds. The second kappa shape index (κ2) is 75.2. The first-order valence-electron chi connectivity index (χ1n) is 46.6. The molecule has 16 aromatic rings. The molecule has 4 N–H and O–H groups in total. The van der Waals surface area contributed by atoms with Crippen LogP contribution in [-0.4, -0.2) is 69.7 Å². The predicted molar refractivity (Wildman–Crippen MR) is 603 cm³/mol. The van der Waals surface area contributed by atoms with E-state index in [9.17, 15) is 23.6 Å². The average molecular weight is 2300 g/mol. The number of esters is 3. The van der Waals surface area contributed by atoms with Gasteiger partial charge < -0.3 is 57.2 Å². The molecule has 0 bridgehead atoms. The van der Waals surface area contributed by atoms with Crippen molar-refractivity contribution in [2.24, 2.45) is 0 Å². The third-order valence-corrected chi connectivity index (χ3v) is 24.5. The van der Waals surface area contributed by atoms with Crippen LogP contribution in [0.1, 0.15) is 101 Å². The van der Waals surface area contributed by atoms with Crippen LogP contribution >= 0.6 is 56.8 Å². The number of amides is 1. The Hall–Kier alpha value is -8.52. The summed E-state index contributed by atoms with van der Waals surface area (Å²) in [4.78, 5) is 60.3. The molecule has 0 aliphatic carbocycles. The molecule has 16 rings (SSSR count). The van der Waals surface area contributed by atoms with E-state index in [-0.39, 0.29) is 226 Å². The minimum absolute atomic E-state index is 0. The van der Waals surface area contributed by atoms with Gasteiger partial charge in [-0.15, -0.1) is 11.6 Å². The van der Waals surface area contributed by atoms with Crippen molar-refractivity contribution in [3.8, 4) is 44.5 Å². The Labute approximate surface area is 1050 Å². The van der Waals surface area contributed by atoms with Gasteiger partial charge in [0.15, 0.2) is 0 Å². The van der Waals surface area contributed by atoms with Gasteiger partial charge >= 0.3 is 202 Å². The number of carbonyl (C=O) groups is 5. The van der Waals surface area contributed by atoms with E-state index in [1.165, 1.54) is 130 Å². The SMILES string of the molecule is C=Cc1ccc(CCl)cc1.CC(=O)Nc1ccc(C)c(C)c1.COC(=O)CCc1ccc(I)cc1.COC(=O)CCc1ccc(N(c2ccc(-c3ccccc3)cc2)c2ccc(C)c(C)c2)cc1.COC(=O)CCc1ccc(N(c2ccc(-c3ccccc3)cc2)c2ccc(C)c(C)c2)cc1.Cc1ccc(Nc2ccc(-c3ccccc3)cc2)cc1C.Ic1ccc(-c2ccccc2)cc1.O=CO[O-].[2H]CF.[H-].[K+].[K+].[K+].[Na+].[OH-].[OH-]. The molecule has 16 aromatic carbocycles. The molecule has 0 spiro atoms. The van der Waals surface area contributed by atoms with Crippen LogP contribution < -0.4 is 209 Å². The van der Waals surface area contributed by atoms with Crippen LogP contribution in [0.15, 0.2) is 395 Å². The molecule has 742 valence electrons. The number of alkyl halides is 2. The standard InChI is InChI=1S/2C30H29NO2.C20H19N.C12H9I.C10H11IO2.C10H13NO.C9H9Cl.CH3F.CH2O3.3K.Na.2H2O.H/c2*1-22-9-15-29(21-23(22)2)31(27-16-10-24(11-17-27)12-20-30(32)33-3)28-18-13-26(14-19-28)25-7-5-4-6-8-25;1-15-8-11-20(14-16(15)2)21-19-12-9-18(10-13-19)17-6-4-3-5-7-17;13-12-8-6-11(7-9-12)10-4-2-1-3-5-10;1-13-10(12)7-4-8-2-5-9(11)6-3-8;1-7-4-5-10(6-8(7)2)11-9(3)12;1-2-8-3-5-9(7-10)6-4-8;1-2;2-1-4-3;;;;;;;/h2*4-11,13-19,21H,12,20H2,1-3H3;3-14,21H,1-2H3;1-9H;2-3,5-6H,4,7H2,1H3;4-6H,1-3H3,(H,11,12);2-6H,1,7H2;1H3;1,3H;;;;;2*1H2;/q;;;;;;;;;4*+1;;;-1/p-3/i;;;;;;;1D;;;;;;;;. The molecule has 0 unspecified atom stereocenters. The Balaban J connectivity index is 0.000000889. The number of aryl methyl sites for hydroxylation is 11. The van der Waals surface area contributed by atoms with Crippen molar-refractivity contribution < 1.29 is 250 Å². The van der Waals surface area contributed by atoms with Gasteiger partial charge in [-0.2, -0.15) is 0 Å².